The molecule has 0 saturated heterocycles. The molecule has 0 N–H and O–H groups in total. The van der Waals surface area contributed by atoms with E-state index < -0.39 is 0 Å². The summed E-state index contributed by atoms with van der Waals surface area (Å²) in [5, 5.41) is 5.09. The molecule has 0 amide bonds. The summed E-state index contributed by atoms with van der Waals surface area (Å²) in [4.78, 5) is 0. The zero-order chi connectivity index (χ0) is 13.2. The van der Waals surface area contributed by atoms with Crippen LogP contribution in [0.2, 0.25) is 0 Å². The summed E-state index contributed by atoms with van der Waals surface area (Å²) in [6, 6.07) is 12.4. The summed E-state index contributed by atoms with van der Waals surface area (Å²) in [5.74, 6) is -0.203. The molecule has 0 aliphatic heterocycles. The van der Waals surface area contributed by atoms with Gasteiger partial charge in [0.2, 0.25) is 0 Å². The number of fused-ring (bicyclic) bond motifs is 1. The van der Waals surface area contributed by atoms with E-state index >= 15 is 0 Å². The van der Waals surface area contributed by atoms with E-state index in [4.69, 9.17) is 4.52 Å². The molecular weight excluding hydrogens is 309 g/mol. The Morgan fingerprint density at radius 1 is 1.11 bits per heavy atom. The molecule has 3 rings (SSSR count). The Balaban J connectivity index is 1.84. The van der Waals surface area contributed by atoms with Gasteiger partial charge in [-0.05, 0) is 48.7 Å². The highest BCUT2D eigenvalue weighted by molar-refractivity contribution is 9.10. The van der Waals surface area contributed by atoms with Gasteiger partial charge in [0, 0.05) is 9.86 Å². The molecule has 1 aromatic heterocycles. The van der Waals surface area contributed by atoms with Crippen LogP contribution in [0.5, 0.6) is 0 Å². The largest absolute Gasteiger partial charge is 0.356 e. The molecule has 2 nitrogen and oxygen atoms in total. The van der Waals surface area contributed by atoms with Gasteiger partial charge in [0.25, 0.3) is 0 Å². The maximum Gasteiger partial charge on any atom is 0.167 e. The highest BCUT2D eigenvalue weighted by atomic mass is 79.9. The Bertz CT molecular complexity index is 723. The first-order chi connectivity index (χ1) is 9.22. The minimum atomic E-state index is -0.203. The maximum absolute atomic E-state index is 13.1. The fraction of sp³-hybridized carbons (Fsp3) is 0.133. The van der Waals surface area contributed by atoms with Gasteiger partial charge >= 0.3 is 0 Å². The Kier molecular flexibility index (Phi) is 3.34. The summed E-state index contributed by atoms with van der Waals surface area (Å²) in [6.45, 7) is 0. The van der Waals surface area contributed by atoms with E-state index in [1.807, 2.05) is 24.3 Å². The lowest BCUT2D eigenvalue weighted by molar-refractivity contribution is 0.446. The molecule has 0 aliphatic rings. The van der Waals surface area contributed by atoms with Crippen molar-refractivity contribution in [3.8, 4) is 0 Å². The second-order valence-electron chi connectivity index (χ2n) is 4.40. The maximum atomic E-state index is 13.1. The van der Waals surface area contributed by atoms with Crippen molar-refractivity contribution in [2.24, 2.45) is 0 Å². The number of nitrogens with zero attached hydrogens (tertiary/aromatic N) is 1. The topological polar surface area (TPSA) is 26.0 Å². The molecule has 1 heterocycles. The number of benzene rings is 2. The Hall–Kier alpha value is -1.68. The van der Waals surface area contributed by atoms with Gasteiger partial charge in [-0.15, -0.1) is 0 Å². The number of halogens is 2. The van der Waals surface area contributed by atoms with Gasteiger partial charge in [0.1, 0.15) is 5.82 Å². The summed E-state index contributed by atoms with van der Waals surface area (Å²) in [5.41, 5.74) is 2.64. The number of hydrogen-bond donors (Lipinski definition) is 0. The smallest absolute Gasteiger partial charge is 0.167 e. The van der Waals surface area contributed by atoms with Gasteiger partial charge in [0.15, 0.2) is 5.58 Å². The van der Waals surface area contributed by atoms with E-state index in [9.17, 15) is 4.39 Å². The average molecular weight is 320 g/mol. The van der Waals surface area contributed by atoms with Crippen molar-refractivity contribution >= 4 is 26.9 Å². The zero-order valence-electron chi connectivity index (χ0n) is 10.1. The molecule has 0 spiro atoms. The van der Waals surface area contributed by atoms with Gasteiger partial charge in [-0.2, -0.15) is 0 Å². The van der Waals surface area contributed by atoms with Crippen molar-refractivity contribution < 1.29 is 8.91 Å². The van der Waals surface area contributed by atoms with Crippen molar-refractivity contribution in [1.82, 2.24) is 5.16 Å². The van der Waals surface area contributed by atoms with Gasteiger partial charge < -0.3 is 4.52 Å². The van der Waals surface area contributed by atoms with E-state index in [1.54, 1.807) is 12.1 Å². The fourth-order valence-corrected chi connectivity index (χ4v) is 2.46. The van der Waals surface area contributed by atoms with Crippen molar-refractivity contribution in [2.75, 3.05) is 0 Å². The second-order valence-corrected chi connectivity index (χ2v) is 5.32. The molecule has 19 heavy (non-hydrogen) atoms. The standard InChI is InChI=1S/C15H11BrFNO/c16-11-5-7-15-13(9-11)14(18-19-15)6-4-10-2-1-3-12(17)8-10/h1-3,5,7-9H,4,6H2. The van der Waals surface area contributed by atoms with Crippen molar-refractivity contribution in [3.05, 3.63) is 64.0 Å². The second kappa shape index (κ2) is 5.13. The van der Waals surface area contributed by atoms with Crippen molar-refractivity contribution in [1.29, 1.82) is 0 Å². The Labute approximate surface area is 118 Å². The normalized spacial score (nSPS) is 11.1. The molecule has 0 unspecified atom stereocenters. The summed E-state index contributed by atoms with van der Waals surface area (Å²) < 4.78 is 19.4. The van der Waals surface area contributed by atoms with Crippen LogP contribution in [0.1, 0.15) is 11.3 Å². The Morgan fingerprint density at radius 2 is 2.00 bits per heavy atom. The highest BCUT2D eigenvalue weighted by Gasteiger charge is 2.08. The third kappa shape index (κ3) is 2.68. The van der Waals surface area contributed by atoms with Crippen LogP contribution in [-0.2, 0) is 12.8 Å². The highest BCUT2D eigenvalue weighted by Crippen LogP contribution is 2.23. The molecule has 0 saturated carbocycles. The quantitative estimate of drug-likeness (QED) is 0.709. The van der Waals surface area contributed by atoms with E-state index in [0.717, 1.165) is 39.5 Å². The molecule has 0 aliphatic carbocycles. The summed E-state index contributed by atoms with van der Waals surface area (Å²) in [7, 11) is 0. The number of hydrogen-bond acceptors (Lipinski definition) is 2. The molecule has 2 aromatic carbocycles. The number of rotatable bonds is 3. The lowest BCUT2D eigenvalue weighted by atomic mass is 10.1. The molecule has 0 fully saturated rings. The number of aryl methyl sites for hydroxylation is 2. The van der Waals surface area contributed by atoms with Crippen LogP contribution in [0.4, 0.5) is 4.39 Å². The van der Waals surface area contributed by atoms with Crippen molar-refractivity contribution in [2.45, 2.75) is 12.8 Å². The summed E-state index contributed by atoms with van der Waals surface area (Å²) >= 11 is 3.44. The first kappa shape index (κ1) is 12.4. The summed E-state index contributed by atoms with van der Waals surface area (Å²) in [6.07, 6.45) is 1.47. The molecule has 4 heteroatoms. The van der Waals surface area contributed by atoms with E-state index in [2.05, 4.69) is 21.1 Å². The first-order valence-electron chi connectivity index (χ1n) is 6.00. The molecule has 0 radical (unpaired) electrons. The minimum Gasteiger partial charge on any atom is -0.356 e. The predicted molar refractivity (Wildman–Crippen MR) is 75.5 cm³/mol. The third-order valence-electron chi connectivity index (χ3n) is 3.05. The first-order valence-corrected chi connectivity index (χ1v) is 6.80. The van der Waals surface area contributed by atoms with Gasteiger partial charge in [-0.1, -0.05) is 33.2 Å². The van der Waals surface area contributed by atoms with Gasteiger partial charge in [-0.25, -0.2) is 4.39 Å². The van der Waals surface area contributed by atoms with E-state index in [1.165, 1.54) is 6.07 Å². The van der Waals surface area contributed by atoms with Gasteiger partial charge in [0.05, 0.1) is 5.69 Å². The van der Waals surface area contributed by atoms with Crippen LogP contribution in [0.25, 0.3) is 11.0 Å². The molecule has 3 aromatic rings. The van der Waals surface area contributed by atoms with Gasteiger partial charge in [-0.3, -0.25) is 0 Å². The molecular formula is C15H11BrFNO. The molecule has 96 valence electrons. The predicted octanol–water partition coefficient (Wildman–Crippen LogP) is 4.51. The van der Waals surface area contributed by atoms with Crippen LogP contribution in [-0.4, -0.2) is 5.16 Å². The van der Waals surface area contributed by atoms with E-state index in [-0.39, 0.29) is 5.82 Å². The van der Waals surface area contributed by atoms with Crippen LogP contribution in [0.3, 0.4) is 0 Å². The SMILES string of the molecule is Fc1cccc(CCc2noc3ccc(Br)cc23)c1. The minimum absolute atomic E-state index is 0.203. The molecule has 0 atom stereocenters. The lowest BCUT2D eigenvalue weighted by Gasteiger charge is -1.99. The fourth-order valence-electron chi connectivity index (χ4n) is 2.10. The van der Waals surface area contributed by atoms with Crippen LogP contribution in [0.15, 0.2) is 51.5 Å². The van der Waals surface area contributed by atoms with Crippen LogP contribution in [0, 0.1) is 5.82 Å². The Morgan fingerprint density at radius 3 is 2.84 bits per heavy atom. The third-order valence-corrected chi connectivity index (χ3v) is 3.54. The van der Waals surface area contributed by atoms with Crippen LogP contribution < -0.4 is 0 Å². The molecule has 0 bridgehead atoms. The van der Waals surface area contributed by atoms with E-state index in [0.29, 0.717) is 0 Å². The van der Waals surface area contributed by atoms with Crippen molar-refractivity contribution in [3.63, 3.8) is 0 Å². The van der Waals surface area contributed by atoms with Crippen LogP contribution >= 0.6 is 15.9 Å². The lowest BCUT2D eigenvalue weighted by Crippen LogP contribution is -1.92. The number of aromatic nitrogens is 1. The average Bonchev–Trinajstić information content (AvgIpc) is 2.79. The zero-order valence-corrected chi connectivity index (χ0v) is 11.7. The monoisotopic (exact) mass is 319 g/mol.